The van der Waals surface area contributed by atoms with E-state index < -0.39 is 0 Å². The maximum atomic E-state index is 11.1. The minimum Gasteiger partial charge on any atom is -0.294 e. The Morgan fingerprint density at radius 2 is 2.00 bits per heavy atom. The molecule has 0 aliphatic heterocycles. The number of Topliss-reactive ketones (excluding diaryl/α,β-unsaturated/α-hetero) is 1. The third-order valence-corrected chi connectivity index (χ3v) is 2.86. The van der Waals surface area contributed by atoms with Gasteiger partial charge in [0, 0.05) is 4.47 Å². The predicted molar refractivity (Wildman–Crippen MR) is 54.2 cm³/mol. The molecule has 12 heavy (non-hydrogen) atoms. The summed E-state index contributed by atoms with van der Waals surface area (Å²) >= 11 is 14.8. The van der Waals surface area contributed by atoms with Gasteiger partial charge in [0.25, 0.3) is 0 Å². The molecule has 0 unspecified atom stereocenters. The molecular weight excluding hydrogens is 263 g/mol. The topological polar surface area (TPSA) is 17.1 Å². The minimum atomic E-state index is -0.102. The van der Waals surface area contributed by atoms with Gasteiger partial charge in [-0.2, -0.15) is 0 Å². The number of ketones is 1. The van der Waals surface area contributed by atoms with Crippen LogP contribution in [-0.4, -0.2) is 5.78 Å². The molecule has 0 atom stereocenters. The van der Waals surface area contributed by atoms with Crippen molar-refractivity contribution in [3.63, 3.8) is 0 Å². The predicted octanol–water partition coefficient (Wildman–Crippen LogP) is 3.96. The first-order chi connectivity index (χ1) is 5.54. The number of benzene rings is 1. The van der Waals surface area contributed by atoms with Crippen molar-refractivity contribution in [3.8, 4) is 0 Å². The number of hydrogen-bond donors (Lipinski definition) is 0. The summed E-state index contributed by atoms with van der Waals surface area (Å²) in [7, 11) is 0. The van der Waals surface area contributed by atoms with E-state index in [2.05, 4.69) is 15.9 Å². The fourth-order valence-corrected chi connectivity index (χ4v) is 2.03. The van der Waals surface area contributed by atoms with E-state index in [1.54, 1.807) is 12.1 Å². The first kappa shape index (κ1) is 10.0. The molecule has 0 aliphatic rings. The van der Waals surface area contributed by atoms with Crippen LogP contribution in [-0.2, 0) is 0 Å². The quantitative estimate of drug-likeness (QED) is 0.556. The summed E-state index contributed by atoms with van der Waals surface area (Å²) in [5.74, 6) is -0.102. The van der Waals surface area contributed by atoms with Crippen molar-refractivity contribution in [3.05, 3.63) is 32.2 Å². The van der Waals surface area contributed by atoms with Crippen molar-refractivity contribution in [2.24, 2.45) is 0 Å². The number of rotatable bonds is 1. The molecule has 0 N–H and O–H groups in total. The van der Waals surface area contributed by atoms with Crippen LogP contribution < -0.4 is 0 Å². The van der Waals surface area contributed by atoms with Gasteiger partial charge in [0.05, 0.1) is 15.6 Å². The molecule has 0 fully saturated rings. The molecule has 0 saturated carbocycles. The number of hydrogen-bond acceptors (Lipinski definition) is 1. The molecule has 0 radical (unpaired) electrons. The molecule has 64 valence electrons. The van der Waals surface area contributed by atoms with Crippen LogP contribution in [0.3, 0.4) is 0 Å². The molecule has 0 amide bonds. The maximum absolute atomic E-state index is 11.1. The van der Waals surface area contributed by atoms with E-state index in [1.807, 2.05) is 0 Å². The largest absolute Gasteiger partial charge is 0.294 e. The van der Waals surface area contributed by atoms with Crippen molar-refractivity contribution in [1.29, 1.82) is 0 Å². The number of carbonyl (C=O) groups excluding carboxylic acids is 1. The Morgan fingerprint density at radius 1 is 1.42 bits per heavy atom. The highest BCUT2D eigenvalue weighted by Crippen LogP contribution is 2.31. The van der Waals surface area contributed by atoms with Gasteiger partial charge in [0.1, 0.15) is 0 Å². The van der Waals surface area contributed by atoms with Gasteiger partial charge in [0.15, 0.2) is 5.78 Å². The van der Waals surface area contributed by atoms with Crippen LogP contribution >= 0.6 is 39.1 Å². The molecular formula is C8H5BrCl2O. The van der Waals surface area contributed by atoms with Crippen LogP contribution in [0, 0.1) is 0 Å². The van der Waals surface area contributed by atoms with Gasteiger partial charge >= 0.3 is 0 Å². The van der Waals surface area contributed by atoms with E-state index in [4.69, 9.17) is 23.2 Å². The molecule has 1 aromatic carbocycles. The van der Waals surface area contributed by atoms with Crippen molar-refractivity contribution in [2.75, 3.05) is 0 Å². The van der Waals surface area contributed by atoms with E-state index in [-0.39, 0.29) is 5.78 Å². The lowest BCUT2D eigenvalue weighted by Crippen LogP contribution is -1.95. The van der Waals surface area contributed by atoms with Crippen molar-refractivity contribution in [2.45, 2.75) is 6.92 Å². The van der Waals surface area contributed by atoms with Gasteiger partial charge in [-0.25, -0.2) is 0 Å². The van der Waals surface area contributed by atoms with E-state index in [1.165, 1.54) is 6.92 Å². The smallest absolute Gasteiger partial charge is 0.162 e. The van der Waals surface area contributed by atoms with Gasteiger partial charge < -0.3 is 0 Å². The molecule has 1 nitrogen and oxygen atoms in total. The van der Waals surface area contributed by atoms with E-state index in [0.717, 1.165) is 0 Å². The summed E-state index contributed by atoms with van der Waals surface area (Å²) in [6.07, 6.45) is 0. The summed E-state index contributed by atoms with van der Waals surface area (Å²) in [5.41, 5.74) is 0.434. The van der Waals surface area contributed by atoms with Gasteiger partial charge in [0.2, 0.25) is 0 Å². The fraction of sp³-hybridized carbons (Fsp3) is 0.125. The minimum absolute atomic E-state index is 0.102. The fourth-order valence-electron chi connectivity index (χ4n) is 0.850. The van der Waals surface area contributed by atoms with Gasteiger partial charge in [-0.1, -0.05) is 23.2 Å². The van der Waals surface area contributed by atoms with E-state index in [0.29, 0.717) is 20.1 Å². The standard InChI is InChI=1S/C8H5BrCl2O/c1-4(12)7-5(9)2-3-6(10)8(7)11/h2-3H,1H3. The Kier molecular flexibility index (Phi) is 3.16. The van der Waals surface area contributed by atoms with E-state index >= 15 is 0 Å². The molecule has 0 aliphatic carbocycles. The first-order valence-electron chi connectivity index (χ1n) is 3.18. The lowest BCUT2D eigenvalue weighted by molar-refractivity contribution is 0.101. The SMILES string of the molecule is CC(=O)c1c(Br)ccc(Cl)c1Cl. The van der Waals surface area contributed by atoms with Gasteiger partial charge in [-0.15, -0.1) is 0 Å². The van der Waals surface area contributed by atoms with Crippen LogP contribution in [0.25, 0.3) is 0 Å². The average molecular weight is 268 g/mol. The summed E-state index contributed by atoms with van der Waals surface area (Å²) in [6, 6.07) is 3.34. The zero-order chi connectivity index (χ0) is 9.30. The molecule has 0 aromatic heterocycles. The van der Waals surface area contributed by atoms with Crippen LogP contribution in [0.5, 0.6) is 0 Å². The third-order valence-electron chi connectivity index (χ3n) is 1.40. The monoisotopic (exact) mass is 266 g/mol. The van der Waals surface area contributed by atoms with Crippen molar-refractivity contribution >= 4 is 44.9 Å². The van der Waals surface area contributed by atoms with Crippen molar-refractivity contribution < 1.29 is 4.79 Å². The zero-order valence-corrected chi connectivity index (χ0v) is 9.29. The van der Waals surface area contributed by atoms with Crippen LogP contribution in [0.15, 0.2) is 16.6 Å². The summed E-state index contributed by atoms with van der Waals surface area (Å²) in [5, 5.41) is 0.698. The summed E-state index contributed by atoms with van der Waals surface area (Å²) in [6.45, 7) is 1.45. The Balaban J connectivity index is 3.43. The highest BCUT2D eigenvalue weighted by molar-refractivity contribution is 9.10. The van der Waals surface area contributed by atoms with Gasteiger partial charge in [-0.05, 0) is 35.0 Å². The van der Waals surface area contributed by atoms with E-state index in [9.17, 15) is 4.79 Å². The lowest BCUT2D eigenvalue weighted by atomic mass is 10.1. The summed E-state index contributed by atoms with van der Waals surface area (Å²) < 4.78 is 0.671. The molecule has 0 bridgehead atoms. The first-order valence-corrected chi connectivity index (χ1v) is 4.73. The molecule has 0 heterocycles. The Labute approximate surface area is 88.8 Å². The zero-order valence-electron chi connectivity index (χ0n) is 6.20. The molecule has 0 spiro atoms. The second kappa shape index (κ2) is 3.77. The molecule has 1 aromatic rings. The normalized spacial score (nSPS) is 10.0. The Hall–Kier alpha value is -0.0500. The maximum Gasteiger partial charge on any atom is 0.162 e. The number of carbonyl (C=O) groups is 1. The third kappa shape index (κ3) is 1.82. The summed E-state index contributed by atoms with van der Waals surface area (Å²) in [4.78, 5) is 11.1. The Morgan fingerprint density at radius 3 is 2.42 bits per heavy atom. The van der Waals surface area contributed by atoms with Crippen LogP contribution in [0.4, 0.5) is 0 Å². The molecule has 4 heteroatoms. The lowest BCUT2D eigenvalue weighted by Gasteiger charge is -2.03. The average Bonchev–Trinajstić information content (AvgIpc) is 1.97. The molecule has 0 saturated heterocycles. The number of halogens is 3. The highest BCUT2D eigenvalue weighted by atomic mass is 79.9. The second-order valence-electron chi connectivity index (χ2n) is 2.27. The van der Waals surface area contributed by atoms with Crippen LogP contribution in [0.1, 0.15) is 17.3 Å². The molecule has 1 rings (SSSR count). The van der Waals surface area contributed by atoms with Gasteiger partial charge in [-0.3, -0.25) is 4.79 Å². The van der Waals surface area contributed by atoms with Crippen molar-refractivity contribution in [1.82, 2.24) is 0 Å². The van der Waals surface area contributed by atoms with Crippen LogP contribution in [0.2, 0.25) is 10.0 Å². The highest BCUT2D eigenvalue weighted by Gasteiger charge is 2.12. The Bertz CT molecular complexity index is 336. The second-order valence-corrected chi connectivity index (χ2v) is 3.91.